The van der Waals surface area contributed by atoms with E-state index in [1.807, 2.05) is 62.4 Å². The molecule has 4 aromatic carbocycles. The van der Waals surface area contributed by atoms with Gasteiger partial charge in [0.2, 0.25) is 0 Å². The van der Waals surface area contributed by atoms with Crippen molar-refractivity contribution in [1.29, 1.82) is 0 Å². The fourth-order valence-electron chi connectivity index (χ4n) is 7.20. The van der Waals surface area contributed by atoms with Gasteiger partial charge in [-0.25, -0.2) is 9.69 Å². The molecule has 1 saturated heterocycles. The highest BCUT2D eigenvalue weighted by molar-refractivity contribution is 9.10. The minimum atomic E-state index is -0.773. The van der Waals surface area contributed by atoms with Crippen molar-refractivity contribution in [2.45, 2.75) is 44.6 Å². The van der Waals surface area contributed by atoms with Crippen molar-refractivity contribution >= 4 is 51.2 Å². The summed E-state index contributed by atoms with van der Waals surface area (Å²) in [6, 6.07) is 27.4. The third kappa shape index (κ3) is 5.76. The van der Waals surface area contributed by atoms with Gasteiger partial charge in [-0.3, -0.25) is 14.9 Å². The predicted molar refractivity (Wildman–Crippen MR) is 190 cm³/mol. The van der Waals surface area contributed by atoms with E-state index in [0.717, 1.165) is 42.0 Å². The summed E-state index contributed by atoms with van der Waals surface area (Å²) in [6.45, 7) is 5.67. The Kier molecular flexibility index (Phi) is 8.56. The van der Waals surface area contributed by atoms with Crippen LogP contribution in [0.5, 0.6) is 11.5 Å². The van der Waals surface area contributed by atoms with Gasteiger partial charge in [0.1, 0.15) is 5.57 Å². The molecular weight excluding hydrogens is 670 g/mol. The maximum atomic E-state index is 14.2. The van der Waals surface area contributed by atoms with Crippen LogP contribution in [0.2, 0.25) is 0 Å². The number of benzene rings is 4. The van der Waals surface area contributed by atoms with E-state index in [4.69, 9.17) is 9.47 Å². The number of carbonyl (C=O) groups excluding carboxylic acids is 3. The third-order valence-electron chi connectivity index (χ3n) is 9.28. The third-order valence-corrected chi connectivity index (χ3v) is 9.87. The van der Waals surface area contributed by atoms with Gasteiger partial charge >= 0.3 is 6.03 Å². The average molecular weight is 707 g/mol. The van der Waals surface area contributed by atoms with Crippen molar-refractivity contribution < 1.29 is 23.9 Å². The number of nitrogens with one attached hydrogen (secondary N) is 1. The number of halogens is 1. The predicted octanol–water partition coefficient (Wildman–Crippen LogP) is 7.79. The molecule has 9 heteroatoms. The Balaban J connectivity index is 1.35. The lowest BCUT2D eigenvalue weighted by Gasteiger charge is -2.44. The van der Waals surface area contributed by atoms with Crippen LogP contribution in [-0.2, 0) is 9.59 Å². The van der Waals surface area contributed by atoms with Crippen LogP contribution in [0.4, 0.5) is 16.2 Å². The molecule has 4 amide bonds. The number of anilines is 2. The van der Waals surface area contributed by atoms with Crippen molar-refractivity contribution in [1.82, 2.24) is 5.32 Å². The lowest BCUT2D eigenvalue weighted by molar-refractivity contribution is -0.122. The summed E-state index contributed by atoms with van der Waals surface area (Å²) in [5, 5.41) is 2.42. The highest BCUT2D eigenvalue weighted by atomic mass is 79.9. The van der Waals surface area contributed by atoms with Crippen molar-refractivity contribution in [3.63, 3.8) is 0 Å². The van der Waals surface area contributed by atoms with Crippen LogP contribution in [0.3, 0.4) is 0 Å². The zero-order chi connectivity index (χ0) is 33.5. The second-order valence-electron chi connectivity index (χ2n) is 12.6. The smallest absolute Gasteiger partial charge is 0.335 e. The minimum absolute atomic E-state index is 0.0849. The maximum Gasteiger partial charge on any atom is 0.335 e. The largest absolute Gasteiger partial charge is 0.493 e. The Bertz CT molecular complexity index is 1870. The monoisotopic (exact) mass is 705 g/mol. The van der Waals surface area contributed by atoms with Gasteiger partial charge in [0.15, 0.2) is 11.5 Å². The van der Waals surface area contributed by atoms with Gasteiger partial charge in [-0.2, -0.15) is 0 Å². The SMILES string of the molecule is COc1cc(/C=C2\C(=O)NC(=O)N(c3cc4c5c(c3)[C@H](c3ccccc3)CCN5CC[C@H]4c3ccccc3)C2=O)cc(Br)c1OC(C)C. The summed E-state index contributed by atoms with van der Waals surface area (Å²) >= 11 is 3.54. The Hall–Kier alpha value is -4.89. The molecular formula is C39H36BrN3O5. The van der Waals surface area contributed by atoms with E-state index in [9.17, 15) is 14.4 Å². The quantitative estimate of drug-likeness (QED) is 0.156. The number of ether oxygens (including phenoxy) is 2. The molecule has 244 valence electrons. The molecule has 3 aliphatic rings. The average Bonchev–Trinajstić information content (AvgIpc) is 3.08. The van der Waals surface area contributed by atoms with Gasteiger partial charge in [-0.05, 0) is 101 Å². The van der Waals surface area contributed by atoms with Crippen LogP contribution in [0, 0.1) is 0 Å². The molecule has 0 saturated carbocycles. The molecule has 7 rings (SSSR count). The molecule has 3 heterocycles. The number of carbonyl (C=O) groups is 3. The molecule has 0 aromatic heterocycles. The molecule has 2 atom stereocenters. The van der Waals surface area contributed by atoms with Crippen LogP contribution in [0.15, 0.2) is 95.0 Å². The first kappa shape index (κ1) is 31.7. The van der Waals surface area contributed by atoms with Crippen molar-refractivity contribution in [3.05, 3.63) is 123 Å². The van der Waals surface area contributed by atoms with Crippen molar-refractivity contribution in [2.24, 2.45) is 0 Å². The second-order valence-corrected chi connectivity index (χ2v) is 13.5. The van der Waals surface area contributed by atoms with Crippen LogP contribution in [0.25, 0.3) is 6.08 Å². The zero-order valence-electron chi connectivity index (χ0n) is 27.0. The van der Waals surface area contributed by atoms with Crippen molar-refractivity contribution in [2.75, 3.05) is 30.0 Å². The number of rotatable bonds is 7. The summed E-state index contributed by atoms with van der Waals surface area (Å²) in [6.07, 6.45) is 3.20. The number of nitrogens with zero attached hydrogens (tertiary/aromatic N) is 2. The molecule has 0 radical (unpaired) electrons. The van der Waals surface area contributed by atoms with Gasteiger partial charge < -0.3 is 14.4 Å². The van der Waals surface area contributed by atoms with Crippen LogP contribution < -0.4 is 24.6 Å². The van der Waals surface area contributed by atoms with Crippen LogP contribution in [0.1, 0.15) is 66.3 Å². The molecule has 0 aliphatic carbocycles. The summed E-state index contributed by atoms with van der Waals surface area (Å²) in [5.41, 5.74) is 6.53. The van der Waals surface area contributed by atoms with Gasteiger partial charge in [-0.15, -0.1) is 0 Å². The topological polar surface area (TPSA) is 88.2 Å². The summed E-state index contributed by atoms with van der Waals surface area (Å²) in [5.74, 6) is -0.316. The van der Waals surface area contributed by atoms with Crippen LogP contribution in [-0.4, -0.2) is 44.1 Å². The number of barbiturate groups is 1. The first-order chi connectivity index (χ1) is 23.2. The van der Waals surface area contributed by atoms with E-state index < -0.39 is 17.8 Å². The summed E-state index contributed by atoms with van der Waals surface area (Å²) in [7, 11) is 1.53. The molecule has 1 N–H and O–H groups in total. The molecule has 48 heavy (non-hydrogen) atoms. The zero-order valence-corrected chi connectivity index (χ0v) is 28.6. The summed E-state index contributed by atoms with van der Waals surface area (Å²) < 4.78 is 12.1. The lowest BCUT2D eigenvalue weighted by Crippen LogP contribution is -2.54. The first-order valence-electron chi connectivity index (χ1n) is 16.2. The number of amides is 4. The van der Waals surface area contributed by atoms with Crippen molar-refractivity contribution in [3.8, 4) is 11.5 Å². The van der Waals surface area contributed by atoms with E-state index in [1.165, 1.54) is 30.0 Å². The highest BCUT2D eigenvalue weighted by Gasteiger charge is 2.40. The van der Waals surface area contributed by atoms with Gasteiger partial charge in [0, 0.05) is 30.6 Å². The molecule has 3 aliphatic heterocycles. The number of methoxy groups -OCH3 is 1. The first-order valence-corrected chi connectivity index (χ1v) is 17.0. The molecule has 1 fully saturated rings. The number of hydrogen-bond donors (Lipinski definition) is 1. The number of hydrogen-bond acceptors (Lipinski definition) is 6. The van der Waals surface area contributed by atoms with Gasteiger partial charge in [-0.1, -0.05) is 60.7 Å². The fourth-order valence-corrected chi connectivity index (χ4v) is 7.75. The lowest BCUT2D eigenvalue weighted by atomic mass is 9.76. The Morgan fingerprint density at radius 3 is 1.98 bits per heavy atom. The Morgan fingerprint density at radius 2 is 1.44 bits per heavy atom. The molecule has 8 nitrogen and oxygen atoms in total. The second kappa shape index (κ2) is 13.0. The molecule has 4 aromatic rings. The Morgan fingerprint density at radius 1 is 0.854 bits per heavy atom. The normalized spacial score (nSPS) is 19.8. The van der Waals surface area contributed by atoms with E-state index in [-0.39, 0.29) is 23.5 Å². The van der Waals surface area contributed by atoms with Gasteiger partial charge in [0.05, 0.1) is 23.4 Å². The molecule has 0 unspecified atom stereocenters. The fraction of sp³-hybridized carbons (Fsp3) is 0.256. The van der Waals surface area contributed by atoms with E-state index in [2.05, 4.69) is 50.4 Å². The highest BCUT2D eigenvalue weighted by Crippen LogP contribution is 2.50. The van der Waals surface area contributed by atoms with E-state index in [0.29, 0.717) is 27.2 Å². The van der Waals surface area contributed by atoms with E-state index >= 15 is 0 Å². The minimum Gasteiger partial charge on any atom is -0.493 e. The standard InChI is InChI=1S/C39H36BrN3O5/c1-23(2)48-36-33(40)19-24(20-34(36)47-3)18-32-37(44)41-39(46)43(38(32)45)27-21-30-28(25-10-6-4-7-11-25)14-16-42-17-15-29(31(22-27)35(30)42)26-12-8-5-9-13-26/h4-13,18-23,28-29H,14-17H2,1-3H3,(H,41,44,46)/b32-18+/t28-,29-/m0/s1. The van der Waals surface area contributed by atoms with Gasteiger partial charge in [0.25, 0.3) is 11.8 Å². The molecule has 0 spiro atoms. The number of urea groups is 1. The van der Waals surface area contributed by atoms with E-state index in [1.54, 1.807) is 12.1 Å². The summed E-state index contributed by atoms with van der Waals surface area (Å²) in [4.78, 5) is 44.6. The Labute approximate surface area is 288 Å². The van der Waals surface area contributed by atoms with Crippen LogP contribution >= 0.6 is 15.9 Å². The number of imide groups is 2. The molecule has 0 bridgehead atoms. The maximum absolute atomic E-state index is 14.2.